The predicted octanol–water partition coefficient (Wildman–Crippen LogP) is 2.09. The van der Waals surface area contributed by atoms with E-state index in [2.05, 4.69) is 13.0 Å². The van der Waals surface area contributed by atoms with Crippen LogP contribution >= 0.6 is 0 Å². The molecule has 2 bridgehead atoms. The lowest BCUT2D eigenvalue weighted by atomic mass is 9.89. The normalized spacial score (nSPS) is 37.0. The first-order chi connectivity index (χ1) is 6.31. The van der Waals surface area contributed by atoms with Crippen LogP contribution in [-0.4, -0.2) is 18.0 Å². The molecule has 72 valence electrons. The van der Waals surface area contributed by atoms with E-state index in [-0.39, 0.29) is 18.1 Å². The van der Waals surface area contributed by atoms with Crippen molar-refractivity contribution in [3.63, 3.8) is 0 Å². The summed E-state index contributed by atoms with van der Waals surface area (Å²) in [6, 6.07) is 0. The number of unbranched alkanes of at least 4 members (excludes halogenated alkanes) is 1. The molecule has 0 spiro atoms. The van der Waals surface area contributed by atoms with Crippen molar-refractivity contribution in [2.45, 2.75) is 44.8 Å². The minimum Gasteiger partial charge on any atom is -0.366 e. The Morgan fingerprint density at radius 2 is 2.38 bits per heavy atom. The van der Waals surface area contributed by atoms with Crippen LogP contribution < -0.4 is 0 Å². The third-order valence-corrected chi connectivity index (χ3v) is 2.93. The third-order valence-electron chi connectivity index (χ3n) is 2.93. The molecule has 2 rings (SSSR count). The van der Waals surface area contributed by atoms with Gasteiger partial charge in [-0.15, -0.1) is 0 Å². The number of carbonyl (C=O) groups is 1. The number of rotatable bonds is 3. The summed E-state index contributed by atoms with van der Waals surface area (Å²) >= 11 is 0. The lowest BCUT2D eigenvalue weighted by molar-refractivity contribution is -0.136. The van der Waals surface area contributed by atoms with Gasteiger partial charge in [0.05, 0.1) is 12.2 Å². The summed E-state index contributed by atoms with van der Waals surface area (Å²) in [5, 5.41) is 0. The first kappa shape index (κ1) is 8.95. The maximum atomic E-state index is 11.6. The van der Waals surface area contributed by atoms with Gasteiger partial charge in [-0.3, -0.25) is 4.79 Å². The minimum atomic E-state index is 0.0929. The molecular weight excluding hydrogens is 164 g/mol. The summed E-state index contributed by atoms with van der Waals surface area (Å²) in [5.41, 5.74) is 0. The van der Waals surface area contributed by atoms with Gasteiger partial charge >= 0.3 is 0 Å². The number of ketones is 1. The first-order valence-electron chi connectivity index (χ1n) is 5.17. The largest absolute Gasteiger partial charge is 0.366 e. The molecule has 2 nitrogen and oxygen atoms in total. The van der Waals surface area contributed by atoms with Crippen LogP contribution in [0.2, 0.25) is 0 Å². The maximum absolute atomic E-state index is 11.6. The monoisotopic (exact) mass is 180 g/mol. The van der Waals surface area contributed by atoms with Crippen molar-refractivity contribution in [2.24, 2.45) is 5.92 Å². The topological polar surface area (TPSA) is 26.3 Å². The van der Waals surface area contributed by atoms with Crippen LogP contribution in [0.4, 0.5) is 0 Å². The molecule has 2 heteroatoms. The highest BCUT2D eigenvalue weighted by molar-refractivity contribution is 5.83. The summed E-state index contributed by atoms with van der Waals surface area (Å²) in [5.74, 6) is 0.551. The van der Waals surface area contributed by atoms with E-state index in [1.807, 2.05) is 6.08 Å². The number of Topliss-reactive ketones (excluding diaryl/α,β-unsaturated/α-hetero) is 1. The number of hydrogen-bond donors (Lipinski definition) is 0. The summed E-state index contributed by atoms with van der Waals surface area (Å²) in [4.78, 5) is 11.6. The van der Waals surface area contributed by atoms with Gasteiger partial charge in [0.2, 0.25) is 0 Å². The molecule has 0 aromatic carbocycles. The molecule has 0 radical (unpaired) electrons. The molecule has 3 atom stereocenters. The molecule has 0 aliphatic carbocycles. The average molecular weight is 180 g/mol. The van der Waals surface area contributed by atoms with Crippen LogP contribution in [0, 0.1) is 5.92 Å². The zero-order valence-electron chi connectivity index (χ0n) is 8.03. The summed E-state index contributed by atoms with van der Waals surface area (Å²) in [6.45, 7) is 2.15. The van der Waals surface area contributed by atoms with Gasteiger partial charge in [0, 0.05) is 12.3 Å². The zero-order chi connectivity index (χ0) is 9.26. The third kappa shape index (κ3) is 1.68. The van der Waals surface area contributed by atoms with E-state index < -0.39 is 0 Å². The Morgan fingerprint density at radius 1 is 1.54 bits per heavy atom. The lowest BCUT2D eigenvalue weighted by Crippen LogP contribution is -2.36. The Hall–Kier alpha value is -0.630. The standard InChI is InChI=1S/C11H16O2/c1-2-3-4-9-10(12)7-8-5-6-11(9)13-8/h5-6,8-9,11H,2-4,7H2,1H3/t8-,9+,11+/m0/s1. The number of hydrogen-bond acceptors (Lipinski definition) is 2. The molecule has 13 heavy (non-hydrogen) atoms. The molecule has 0 aromatic heterocycles. The predicted molar refractivity (Wildman–Crippen MR) is 50.4 cm³/mol. The van der Waals surface area contributed by atoms with Crippen molar-refractivity contribution < 1.29 is 9.53 Å². The zero-order valence-corrected chi connectivity index (χ0v) is 8.03. The van der Waals surface area contributed by atoms with Gasteiger partial charge in [0.15, 0.2) is 0 Å². The van der Waals surface area contributed by atoms with Gasteiger partial charge in [-0.05, 0) is 6.42 Å². The fourth-order valence-electron chi connectivity index (χ4n) is 2.15. The lowest BCUT2D eigenvalue weighted by Gasteiger charge is -2.28. The molecule has 0 aromatic rings. The van der Waals surface area contributed by atoms with Crippen molar-refractivity contribution in [3.8, 4) is 0 Å². The van der Waals surface area contributed by atoms with Crippen LogP contribution in [0.1, 0.15) is 32.6 Å². The second-order valence-electron chi connectivity index (χ2n) is 3.94. The Kier molecular flexibility index (Phi) is 2.49. The Labute approximate surface area is 79.0 Å². The second-order valence-corrected chi connectivity index (χ2v) is 3.94. The molecule has 0 N–H and O–H groups in total. The van der Waals surface area contributed by atoms with Crippen molar-refractivity contribution >= 4 is 5.78 Å². The van der Waals surface area contributed by atoms with E-state index in [9.17, 15) is 4.79 Å². The molecular formula is C11H16O2. The first-order valence-corrected chi connectivity index (χ1v) is 5.17. The van der Waals surface area contributed by atoms with Crippen LogP contribution in [0.15, 0.2) is 12.2 Å². The number of carbonyl (C=O) groups excluding carboxylic acids is 1. The van der Waals surface area contributed by atoms with Crippen molar-refractivity contribution in [2.75, 3.05) is 0 Å². The summed E-state index contributed by atoms with van der Waals surface area (Å²) < 4.78 is 5.65. The molecule has 0 amide bonds. The second kappa shape index (κ2) is 3.62. The summed E-state index contributed by atoms with van der Waals surface area (Å²) in [6.07, 6.45) is 8.18. The molecule has 1 fully saturated rings. The van der Waals surface area contributed by atoms with Crippen molar-refractivity contribution in [1.29, 1.82) is 0 Å². The molecule has 2 aliphatic heterocycles. The van der Waals surface area contributed by atoms with Crippen LogP contribution in [0.3, 0.4) is 0 Å². The van der Waals surface area contributed by atoms with Crippen LogP contribution in [-0.2, 0) is 9.53 Å². The van der Waals surface area contributed by atoms with Gasteiger partial charge in [0.1, 0.15) is 5.78 Å². The van der Waals surface area contributed by atoms with E-state index in [0.29, 0.717) is 12.2 Å². The highest BCUT2D eigenvalue weighted by Crippen LogP contribution is 2.31. The van der Waals surface area contributed by atoms with Gasteiger partial charge in [-0.25, -0.2) is 0 Å². The van der Waals surface area contributed by atoms with E-state index in [0.717, 1.165) is 19.3 Å². The fraction of sp³-hybridized carbons (Fsp3) is 0.727. The number of ether oxygens (including phenoxy) is 1. The van der Waals surface area contributed by atoms with Crippen LogP contribution in [0.5, 0.6) is 0 Å². The van der Waals surface area contributed by atoms with Gasteiger partial charge in [-0.1, -0.05) is 31.9 Å². The SMILES string of the molecule is CCCC[C@@H]1C(=O)C[C@@H]2C=C[C@H]1O2. The summed E-state index contributed by atoms with van der Waals surface area (Å²) in [7, 11) is 0. The van der Waals surface area contributed by atoms with Crippen molar-refractivity contribution in [1.82, 2.24) is 0 Å². The van der Waals surface area contributed by atoms with Crippen molar-refractivity contribution in [3.05, 3.63) is 12.2 Å². The molecule has 0 unspecified atom stereocenters. The quantitative estimate of drug-likeness (QED) is 0.622. The van der Waals surface area contributed by atoms with Gasteiger partial charge < -0.3 is 4.74 Å². The van der Waals surface area contributed by atoms with Gasteiger partial charge in [-0.2, -0.15) is 0 Å². The molecule has 0 saturated carbocycles. The fourth-order valence-corrected chi connectivity index (χ4v) is 2.15. The minimum absolute atomic E-state index is 0.0929. The molecule has 2 heterocycles. The molecule has 1 saturated heterocycles. The average Bonchev–Trinajstić information content (AvgIpc) is 2.49. The molecule has 2 aliphatic rings. The Morgan fingerprint density at radius 3 is 3.15 bits per heavy atom. The maximum Gasteiger partial charge on any atom is 0.141 e. The Bertz CT molecular complexity index is 232. The van der Waals surface area contributed by atoms with E-state index in [4.69, 9.17) is 4.74 Å². The van der Waals surface area contributed by atoms with E-state index in [1.165, 1.54) is 0 Å². The van der Waals surface area contributed by atoms with E-state index in [1.54, 1.807) is 0 Å². The highest BCUT2D eigenvalue weighted by Gasteiger charge is 2.37. The van der Waals surface area contributed by atoms with Gasteiger partial charge in [0.25, 0.3) is 0 Å². The van der Waals surface area contributed by atoms with E-state index >= 15 is 0 Å². The van der Waals surface area contributed by atoms with Crippen LogP contribution in [0.25, 0.3) is 0 Å². The number of fused-ring (bicyclic) bond motifs is 2. The highest BCUT2D eigenvalue weighted by atomic mass is 16.5. The Balaban J connectivity index is 1.99. The smallest absolute Gasteiger partial charge is 0.141 e.